The van der Waals surface area contributed by atoms with Crippen LogP contribution < -0.4 is 0 Å². The number of rotatable bonds is 3. The number of hydrogen-bond acceptors (Lipinski definition) is 2. The molecule has 0 radical (unpaired) electrons. The van der Waals surface area contributed by atoms with E-state index in [1.165, 1.54) is 13.0 Å². The number of ether oxygens (including phenoxy) is 1. The second-order valence-corrected chi connectivity index (χ2v) is 6.72. The summed E-state index contributed by atoms with van der Waals surface area (Å²) < 4.78 is 5.87. The van der Waals surface area contributed by atoms with Gasteiger partial charge in [-0.15, -0.1) is 0 Å². The topological polar surface area (TPSA) is 12.5 Å². The Kier molecular flexibility index (Phi) is 4.50. The van der Waals surface area contributed by atoms with Crippen LogP contribution in [0.5, 0.6) is 0 Å². The van der Waals surface area contributed by atoms with E-state index in [0.29, 0.717) is 18.1 Å². The summed E-state index contributed by atoms with van der Waals surface area (Å²) in [5.41, 5.74) is 1.57. The first kappa shape index (κ1) is 14.1. The van der Waals surface area contributed by atoms with Crippen LogP contribution in [-0.2, 0) is 4.74 Å². The smallest absolute Gasteiger partial charge is 0.113 e. The maximum absolute atomic E-state index is 5.87. The van der Waals surface area contributed by atoms with Gasteiger partial charge in [0, 0.05) is 13.1 Å². The molecule has 0 spiro atoms. The summed E-state index contributed by atoms with van der Waals surface area (Å²) in [7, 11) is 0. The molecule has 1 heterocycles. The minimum absolute atomic E-state index is 0.344. The lowest BCUT2D eigenvalue weighted by Crippen LogP contribution is -2.41. The molecule has 0 aromatic heterocycles. The van der Waals surface area contributed by atoms with Crippen molar-refractivity contribution in [3.63, 3.8) is 0 Å². The molecule has 18 heavy (non-hydrogen) atoms. The van der Waals surface area contributed by atoms with Gasteiger partial charge in [-0.2, -0.15) is 0 Å². The zero-order chi connectivity index (χ0) is 13.3. The van der Waals surface area contributed by atoms with Crippen LogP contribution in [0.15, 0.2) is 11.6 Å². The van der Waals surface area contributed by atoms with E-state index in [1.807, 2.05) is 0 Å². The van der Waals surface area contributed by atoms with Gasteiger partial charge in [0.2, 0.25) is 0 Å². The molecule has 1 aliphatic carbocycles. The summed E-state index contributed by atoms with van der Waals surface area (Å²) in [6, 6.07) is 0. The summed E-state index contributed by atoms with van der Waals surface area (Å²) >= 11 is 0. The SMILES string of the molecule is CC1=C[C@@H](C)[C@H](CN2CCO[C@@H]2C(C)C)[C@H](C)C1. The van der Waals surface area contributed by atoms with Crippen molar-refractivity contribution < 1.29 is 4.74 Å². The highest BCUT2D eigenvalue weighted by molar-refractivity contribution is 5.08. The van der Waals surface area contributed by atoms with Gasteiger partial charge in [0.25, 0.3) is 0 Å². The molecule has 2 rings (SSSR count). The first-order chi connectivity index (χ1) is 8.49. The highest BCUT2D eigenvalue weighted by Gasteiger charge is 2.34. The molecule has 0 saturated carbocycles. The average molecular weight is 251 g/mol. The lowest BCUT2D eigenvalue weighted by atomic mass is 9.74. The minimum atomic E-state index is 0.344. The van der Waals surface area contributed by atoms with Gasteiger partial charge in [0.05, 0.1) is 6.61 Å². The van der Waals surface area contributed by atoms with Gasteiger partial charge in [-0.25, -0.2) is 0 Å². The zero-order valence-corrected chi connectivity index (χ0v) is 12.6. The maximum Gasteiger partial charge on any atom is 0.113 e. The molecule has 1 saturated heterocycles. The van der Waals surface area contributed by atoms with E-state index in [0.717, 1.165) is 25.0 Å². The zero-order valence-electron chi connectivity index (χ0n) is 12.6. The maximum atomic E-state index is 5.87. The Balaban J connectivity index is 2.00. The Morgan fingerprint density at radius 3 is 2.72 bits per heavy atom. The van der Waals surface area contributed by atoms with Gasteiger partial charge in [-0.3, -0.25) is 4.90 Å². The van der Waals surface area contributed by atoms with Crippen molar-refractivity contribution >= 4 is 0 Å². The molecule has 0 amide bonds. The van der Waals surface area contributed by atoms with E-state index in [-0.39, 0.29) is 0 Å². The predicted molar refractivity (Wildman–Crippen MR) is 76.3 cm³/mol. The fraction of sp³-hybridized carbons (Fsp3) is 0.875. The Morgan fingerprint density at radius 1 is 1.39 bits per heavy atom. The monoisotopic (exact) mass is 251 g/mol. The molecule has 0 aromatic carbocycles. The van der Waals surface area contributed by atoms with Crippen molar-refractivity contribution in [2.75, 3.05) is 19.7 Å². The molecule has 1 fully saturated rings. The van der Waals surface area contributed by atoms with E-state index in [4.69, 9.17) is 4.74 Å². The largest absolute Gasteiger partial charge is 0.362 e. The van der Waals surface area contributed by atoms with E-state index < -0.39 is 0 Å². The van der Waals surface area contributed by atoms with Crippen LogP contribution in [0.1, 0.15) is 41.0 Å². The molecule has 2 nitrogen and oxygen atoms in total. The third-order valence-electron chi connectivity index (χ3n) is 4.64. The van der Waals surface area contributed by atoms with Crippen molar-refractivity contribution in [2.24, 2.45) is 23.7 Å². The number of allylic oxidation sites excluding steroid dienone is 2. The van der Waals surface area contributed by atoms with Gasteiger partial charge in [0.1, 0.15) is 6.23 Å². The van der Waals surface area contributed by atoms with Crippen molar-refractivity contribution in [3.05, 3.63) is 11.6 Å². The molecule has 0 bridgehead atoms. The molecular formula is C16H29NO. The van der Waals surface area contributed by atoms with Gasteiger partial charge < -0.3 is 4.74 Å². The third-order valence-corrected chi connectivity index (χ3v) is 4.64. The first-order valence-corrected chi connectivity index (χ1v) is 7.52. The Labute approximate surface area is 112 Å². The number of nitrogens with zero attached hydrogens (tertiary/aromatic N) is 1. The Bertz CT molecular complexity index is 310. The highest BCUT2D eigenvalue weighted by Crippen LogP contribution is 2.35. The Morgan fingerprint density at radius 2 is 2.11 bits per heavy atom. The van der Waals surface area contributed by atoms with E-state index >= 15 is 0 Å². The van der Waals surface area contributed by atoms with E-state index in [1.54, 1.807) is 5.57 Å². The third kappa shape index (κ3) is 2.97. The molecule has 2 aliphatic rings. The molecule has 0 unspecified atom stereocenters. The van der Waals surface area contributed by atoms with Crippen LogP contribution >= 0.6 is 0 Å². The summed E-state index contributed by atoms with van der Waals surface area (Å²) in [6.45, 7) is 14.8. The quantitative estimate of drug-likeness (QED) is 0.711. The van der Waals surface area contributed by atoms with Crippen molar-refractivity contribution in [3.8, 4) is 0 Å². The molecule has 1 aliphatic heterocycles. The first-order valence-electron chi connectivity index (χ1n) is 7.52. The Hall–Kier alpha value is -0.340. The predicted octanol–water partition coefficient (Wildman–Crippen LogP) is 3.54. The van der Waals surface area contributed by atoms with Gasteiger partial charge in [-0.05, 0) is 37.0 Å². The summed E-state index contributed by atoms with van der Waals surface area (Å²) in [4.78, 5) is 2.57. The normalized spacial score (nSPS) is 38.2. The molecule has 104 valence electrons. The summed E-state index contributed by atoms with van der Waals surface area (Å²) in [5.74, 6) is 2.90. The van der Waals surface area contributed by atoms with Gasteiger partial charge >= 0.3 is 0 Å². The van der Waals surface area contributed by atoms with Crippen LogP contribution in [0.4, 0.5) is 0 Å². The van der Waals surface area contributed by atoms with Crippen LogP contribution in [0.25, 0.3) is 0 Å². The van der Waals surface area contributed by atoms with E-state index in [2.05, 4.69) is 45.6 Å². The standard InChI is InChI=1S/C16H29NO/c1-11(2)16-17(6-7-18-16)10-15-13(4)8-12(3)9-14(15)5/h8,11,13-16H,6-7,9-10H2,1-5H3/t13-,14-,15+,16-/m1/s1. The second kappa shape index (κ2) is 5.75. The average Bonchev–Trinajstić information content (AvgIpc) is 2.71. The number of hydrogen-bond donors (Lipinski definition) is 0. The van der Waals surface area contributed by atoms with E-state index in [9.17, 15) is 0 Å². The molecule has 0 N–H and O–H groups in total. The van der Waals surface area contributed by atoms with Crippen LogP contribution in [0.3, 0.4) is 0 Å². The highest BCUT2D eigenvalue weighted by atomic mass is 16.5. The van der Waals surface area contributed by atoms with Crippen molar-refractivity contribution in [1.82, 2.24) is 4.90 Å². The van der Waals surface area contributed by atoms with Crippen LogP contribution in [0.2, 0.25) is 0 Å². The molecule has 2 heteroatoms. The van der Waals surface area contributed by atoms with Crippen LogP contribution in [0, 0.1) is 23.7 Å². The summed E-state index contributed by atoms with van der Waals surface area (Å²) in [5, 5.41) is 0. The second-order valence-electron chi connectivity index (χ2n) is 6.72. The summed E-state index contributed by atoms with van der Waals surface area (Å²) in [6.07, 6.45) is 4.10. The van der Waals surface area contributed by atoms with Crippen LogP contribution in [-0.4, -0.2) is 30.8 Å². The minimum Gasteiger partial charge on any atom is -0.362 e. The molecule has 0 aromatic rings. The van der Waals surface area contributed by atoms with Crippen molar-refractivity contribution in [2.45, 2.75) is 47.3 Å². The lowest BCUT2D eigenvalue weighted by Gasteiger charge is -2.37. The van der Waals surface area contributed by atoms with Crippen molar-refractivity contribution in [1.29, 1.82) is 0 Å². The van der Waals surface area contributed by atoms with Gasteiger partial charge in [-0.1, -0.05) is 39.3 Å². The fourth-order valence-corrected chi connectivity index (χ4v) is 3.77. The lowest BCUT2D eigenvalue weighted by molar-refractivity contribution is -0.0144. The van der Waals surface area contributed by atoms with Gasteiger partial charge in [0.15, 0.2) is 0 Å². The molecule has 4 atom stereocenters. The molecular weight excluding hydrogens is 222 g/mol. The fourth-order valence-electron chi connectivity index (χ4n) is 3.77.